The molecule has 0 saturated heterocycles. The van der Waals surface area contributed by atoms with Crippen LogP contribution < -0.4 is 10.6 Å². The molecule has 1 aliphatic heterocycles. The number of urea groups is 1. The van der Waals surface area contributed by atoms with Gasteiger partial charge >= 0.3 is 6.03 Å². The average molecular weight is 288 g/mol. The van der Waals surface area contributed by atoms with Gasteiger partial charge in [0.25, 0.3) is 0 Å². The monoisotopic (exact) mass is 288 g/mol. The van der Waals surface area contributed by atoms with E-state index in [1.165, 1.54) is 12.1 Å². The van der Waals surface area contributed by atoms with E-state index < -0.39 is 33.5 Å². The van der Waals surface area contributed by atoms with Crippen molar-refractivity contribution in [2.75, 3.05) is 11.1 Å². The summed E-state index contributed by atoms with van der Waals surface area (Å²) in [6, 6.07) is 1.58. The molecule has 19 heavy (non-hydrogen) atoms. The van der Waals surface area contributed by atoms with Crippen molar-refractivity contribution in [2.24, 2.45) is 0 Å². The number of rotatable bonds is 2. The molecular weight excluding hydrogens is 278 g/mol. The third kappa shape index (κ3) is 3.50. The Hall–Kier alpha value is -1.96. The van der Waals surface area contributed by atoms with Crippen molar-refractivity contribution in [3.05, 3.63) is 41.3 Å². The summed E-state index contributed by atoms with van der Waals surface area (Å²) in [6.07, 6.45) is 1.35. The number of carbonyl (C=O) groups is 1. The van der Waals surface area contributed by atoms with E-state index in [2.05, 4.69) is 10.6 Å². The van der Waals surface area contributed by atoms with Crippen molar-refractivity contribution in [1.82, 2.24) is 5.32 Å². The Bertz CT molecular complexity index is 643. The van der Waals surface area contributed by atoms with Crippen LogP contribution in [0, 0.1) is 11.6 Å². The maximum absolute atomic E-state index is 12.9. The third-order valence-corrected chi connectivity index (χ3v) is 3.82. The number of hydrogen-bond acceptors (Lipinski definition) is 3. The summed E-state index contributed by atoms with van der Waals surface area (Å²) in [5.74, 6) is -2.31. The average Bonchev–Trinajstić information content (AvgIpc) is 2.63. The van der Waals surface area contributed by atoms with Gasteiger partial charge in [0.1, 0.15) is 0 Å². The zero-order valence-electron chi connectivity index (χ0n) is 9.56. The molecule has 1 aromatic rings. The van der Waals surface area contributed by atoms with E-state index in [0.717, 1.165) is 17.5 Å². The van der Waals surface area contributed by atoms with E-state index in [9.17, 15) is 22.0 Å². The normalized spacial score (nSPS) is 20.2. The van der Waals surface area contributed by atoms with Crippen LogP contribution in [0.1, 0.15) is 0 Å². The summed E-state index contributed by atoms with van der Waals surface area (Å²) in [6.45, 7) is 0. The highest BCUT2D eigenvalue weighted by molar-refractivity contribution is 7.94. The molecule has 1 aromatic carbocycles. The highest BCUT2D eigenvalue weighted by Crippen LogP contribution is 2.13. The topological polar surface area (TPSA) is 75.3 Å². The molecular formula is C11H10F2N2O3S. The predicted octanol–water partition coefficient (Wildman–Crippen LogP) is 1.40. The van der Waals surface area contributed by atoms with Crippen LogP contribution in [0.4, 0.5) is 19.3 Å². The van der Waals surface area contributed by atoms with Gasteiger partial charge in [0.15, 0.2) is 21.5 Å². The van der Waals surface area contributed by atoms with Gasteiger partial charge in [-0.2, -0.15) is 0 Å². The summed E-state index contributed by atoms with van der Waals surface area (Å²) in [4.78, 5) is 11.5. The van der Waals surface area contributed by atoms with Crippen molar-refractivity contribution in [3.63, 3.8) is 0 Å². The molecule has 2 N–H and O–H groups in total. The van der Waals surface area contributed by atoms with Gasteiger partial charge in [0.2, 0.25) is 0 Å². The Morgan fingerprint density at radius 3 is 2.58 bits per heavy atom. The second-order valence-corrected chi connectivity index (χ2v) is 5.92. The van der Waals surface area contributed by atoms with Gasteiger partial charge < -0.3 is 10.6 Å². The third-order valence-electron chi connectivity index (χ3n) is 2.42. The van der Waals surface area contributed by atoms with Crippen LogP contribution in [0.15, 0.2) is 29.7 Å². The number of carbonyl (C=O) groups excluding carboxylic acids is 1. The Morgan fingerprint density at radius 1 is 1.26 bits per heavy atom. The number of nitrogens with one attached hydrogen (secondary N) is 2. The van der Waals surface area contributed by atoms with Gasteiger partial charge in [-0.25, -0.2) is 22.0 Å². The SMILES string of the molecule is O=C(Nc1ccc(F)c(F)c1)NC1C=CS(=O)(=O)C1. The molecule has 1 heterocycles. The minimum Gasteiger partial charge on any atom is -0.331 e. The van der Waals surface area contributed by atoms with Crippen LogP contribution in [0.3, 0.4) is 0 Å². The van der Waals surface area contributed by atoms with Crippen molar-refractivity contribution < 1.29 is 22.0 Å². The Balaban J connectivity index is 1.95. The molecule has 2 rings (SSSR count). The second kappa shape index (κ2) is 4.96. The van der Waals surface area contributed by atoms with Gasteiger partial charge in [-0.3, -0.25) is 0 Å². The molecule has 1 unspecified atom stereocenters. The van der Waals surface area contributed by atoms with Crippen LogP contribution in [0.2, 0.25) is 0 Å². The molecule has 5 nitrogen and oxygen atoms in total. The Labute approximate surface area is 108 Å². The lowest BCUT2D eigenvalue weighted by Gasteiger charge is -2.11. The number of benzene rings is 1. The molecule has 0 spiro atoms. The van der Waals surface area contributed by atoms with Gasteiger partial charge in [0, 0.05) is 17.2 Å². The minimum atomic E-state index is -3.26. The lowest BCUT2D eigenvalue weighted by atomic mass is 10.3. The van der Waals surface area contributed by atoms with Gasteiger partial charge in [-0.05, 0) is 18.2 Å². The smallest absolute Gasteiger partial charge is 0.319 e. The van der Waals surface area contributed by atoms with Crippen LogP contribution in [-0.4, -0.2) is 26.2 Å². The summed E-state index contributed by atoms with van der Waals surface area (Å²) in [5, 5.41) is 5.69. The molecule has 1 aliphatic rings. The predicted molar refractivity (Wildman–Crippen MR) is 65.2 cm³/mol. The van der Waals surface area contributed by atoms with E-state index in [1.54, 1.807) is 0 Å². The number of amides is 2. The molecule has 0 bridgehead atoms. The van der Waals surface area contributed by atoms with Gasteiger partial charge in [0.05, 0.1) is 11.8 Å². The Kier molecular flexibility index (Phi) is 3.52. The minimum absolute atomic E-state index is 0.0706. The quantitative estimate of drug-likeness (QED) is 0.863. The molecule has 8 heteroatoms. The molecule has 102 valence electrons. The molecule has 2 amide bonds. The standard InChI is InChI=1S/C11H10F2N2O3S/c12-9-2-1-7(5-10(9)13)14-11(16)15-8-3-4-19(17,18)6-8/h1-5,8H,6H2,(H2,14,15,16). The molecule has 0 fully saturated rings. The molecule has 1 atom stereocenters. The zero-order valence-corrected chi connectivity index (χ0v) is 10.4. The van der Waals surface area contributed by atoms with E-state index in [0.29, 0.717) is 0 Å². The summed E-state index contributed by atoms with van der Waals surface area (Å²) in [5.41, 5.74) is 0.0706. The lowest BCUT2D eigenvalue weighted by molar-refractivity contribution is 0.251. The molecule has 0 aromatic heterocycles. The summed E-state index contributed by atoms with van der Waals surface area (Å²) >= 11 is 0. The fourth-order valence-corrected chi connectivity index (χ4v) is 2.81. The maximum atomic E-state index is 12.9. The van der Waals surface area contributed by atoms with Crippen molar-refractivity contribution in [2.45, 2.75) is 6.04 Å². The second-order valence-electron chi connectivity index (χ2n) is 3.99. The van der Waals surface area contributed by atoms with E-state index in [1.807, 2.05) is 0 Å². The van der Waals surface area contributed by atoms with Gasteiger partial charge in [-0.15, -0.1) is 0 Å². The Morgan fingerprint density at radius 2 is 2.00 bits per heavy atom. The first-order valence-corrected chi connectivity index (χ1v) is 7.01. The first kappa shape index (κ1) is 13.5. The van der Waals surface area contributed by atoms with Crippen LogP contribution in [-0.2, 0) is 9.84 Å². The van der Waals surface area contributed by atoms with E-state index in [-0.39, 0.29) is 11.4 Å². The summed E-state index contributed by atoms with van der Waals surface area (Å²) < 4.78 is 47.8. The fraction of sp³-hybridized carbons (Fsp3) is 0.182. The van der Waals surface area contributed by atoms with E-state index in [4.69, 9.17) is 0 Å². The van der Waals surface area contributed by atoms with Crippen LogP contribution in [0.5, 0.6) is 0 Å². The van der Waals surface area contributed by atoms with Crippen LogP contribution in [0.25, 0.3) is 0 Å². The highest BCUT2D eigenvalue weighted by atomic mass is 32.2. The summed E-state index contributed by atoms with van der Waals surface area (Å²) in [7, 11) is -3.26. The number of halogens is 2. The van der Waals surface area contributed by atoms with Gasteiger partial charge in [-0.1, -0.05) is 0 Å². The number of sulfone groups is 1. The number of hydrogen-bond donors (Lipinski definition) is 2. The maximum Gasteiger partial charge on any atom is 0.319 e. The van der Waals surface area contributed by atoms with Crippen LogP contribution >= 0.6 is 0 Å². The van der Waals surface area contributed by atoms with Crippen molar-refractivity contribution >= 4 is 21.6 Å². The highest BCUT2D eigenvalue weighted by Gasteiger charge is 2.23. The van der Waals surface area contributed by atoms with Crippen molar-refractivity contribution in [3.8, 4) is 0 Å². The molecule has 0 radical (unpaired) electrons. The largest absolute Gasteiger partial charge is 0.331 e. The first-order valence-electron chi connectivity index (χ1n) is 5.29. The number of anilines is 1. The molecule has 0 saturated carbocycles. The zero-order chi connectivity index (χ0) is 14.0. The molecule has 0 aliphatic carbocycles. The lowest BCUT2D eigenvalue weighted by Crippen LogP contribution is -2.38. The van der Waals surface area contributed by atoms with E-state index >= 15 is 0 Å². The first-order chi connectivity index (χ1) is 8.85. The van der Waals surface area contributed by atoms with Crippen molar-refractivity contribution in [1.29, 1.82) is 0 Å². The fourth-order valence-electron chi connectivity index (χ4n) is 1.58.